The van der Waals surface area contributed by atoms with Gasteiger partial charge in [0.05, 0.1) is 12.9 Å². The molecule has 0 bridgehead atoms. The van der Waals surface area contributed by atoms with Gasteiger partial charge < -0.3 is 9.26 Å². The summed E-state index contributed by atoms with van der Waals surface area (Å²) in [7, 11) is -6.94. The summed E-state index contributed by atoms with van der Waals surface area (Å²) in [6, 6.07) is 4.00. The molecule has 0 unspecified atom stereocenters. The van der Waals surface area contributed by atoms with E-state index in [0.29, 0.717) is 5.56 Å². The summed E-state index contributed by atoms with van der Waals surface area (Å²) in [5.74, 6) is -0.492. The summed E-state index contributed by atoms with van der Waals surface area (Å²) in [5.41, 5.74) is 0.296. The van der Waals surface area contributed by atoms with Crippen LogP contribution in [-0.4, -0.2) is 25.3 Å². The number of hydrogen-bond acceptors (Lipinski definition) is 5. The summed E-state index contributed by atoms with van der Waals surface area (Å²) >= 11 is 0. The molecule has 0 aliphatic rings. The Morgan fingerprint density at radius 1 is 1.37 bits per heavy atom. The highest BCUT2D eigenvalue weighted by Crippen LogP contribution is 2.42. The van der Waals surface area contributed by atoms with Gasteiger partial charge in [0, 0.05) is 5.41 Å². The van der Waals surface area contributed by atoms with Crippen LogP contribution in [0.4, 0.5) is 0 Å². The van der Waals surface area contributed by atoms with Crippen molar-refractivity contribution in [2.45, 2.75) is 5.75 Å². The predicted octanol–water partition coefficient (Wildman–Crippen LogP) is 1.22. The van der Waals surface area contributed by atoms with Crippen LogP contribution in [0.1, 0.15) is 5.56 Å². The Kier molecular flexibility index (Phi) is 4.75. The third kappa shape index (κ3) is 5.04. The van der Waals surface area contributed by atoms with E-state index in [2.05, 4.69) is 11.1 Å². The Balaban J connectivity index is 3.15. The summed E-state index contributed by atoms with van der Waals surface area (Å²) in [6.45, 7) is 3.18. The van der Waals surface area contributed by atoms with Crippen molar-refractivity contribution in [1.29, 1.82) is 0 Å². The molecule has 19 heavy (non-hydrogen) atoms. The fourth-order valence-corrected chi connectivity index (χ4v) is 2.46. The molecule has 1 aromatic carbocycles. The number of sulfone groups is 1. The molecular formula is C10H13O7PS. The molecule has 0 saturated heterocycles. The maximum Gasteiger partial charge on any atom is 0.524 e. The summed E-state index contributed by atoms with van der Waals surface area (Å²) in [6.07, 6.45) is 0. The van der Waals surface area contributed by atoms with Crippen LogP contribution >= 0.6 is 7.82 Å². The van der Waals surface area contributed by atoms with Crippen molar-refractivity contribution in [3.8, 4) is 11.5 Å². The maximum absolute atomic E-state index is 11.4. The standard InChI is InChI=1S/C10H13O7PS/c1-3-19(14,15)7-8-4-5-9(16-2)10(6-8)17-18(11,12)13/h3-6H,1,7H2,2H3,(H2,11,12,13). The topological polar surface area (TPSA) is 110 Å². The van der Waals surface area contributed by atoms with Crippen molar-refractivity contribution >= 4 is 17.7 Å². The van der Waals surface area contributed by atoms with E-state index in [-0.39, 0.29) is 17.3 Å². The molecule has 0 aliphatic heterocycles. The van der Waals surface area contributed by atoms with Gasteiger partial charge in [0.25, 0.3) is 0 Å². The number of phosphoric acid groups is 1. The normalized spacial score (nSPS) is 11.9. The molecule has 0 radical (unpaired) electrons. The second kappa shape index (κ2) is 5.75. The zero-order valence-electron chi connectivity index (χ0n) is 10.0. The molecule has 1 aromatic rings. The molecule has 0 atom stereocenters. The number of phosphoric ester groups is 1. The number of ether oxygens (including phenoxy) is 1. The quantitative estimate of drug-likeness (QED) is 0.760. The molecular weight excluding hydrogens is 295 g/mol. The smallest absolute Gasteiger partial charge is 0.493 e. The maximum atomic E-state index is 11.4. The van der Waals surface area contributed by atoms with Crippen molar-refractivity contribution in [3.63, 3.8) is 0 Å². The number of hydrogen-bond donors (Lipinski definition) is 2. The van der Waals surface area contributed by atoms with Crippen molar-refractivity contribution in [2.75, 3.05) is 7.11 Å². The monoisotopic (exact) mass is 308 g/mol. The van der Waals surface area contributed by atoms with Crippen molar-refractivity contribution in [3.05, 3.63) is 35.7 Å². The molecule has 7 nitrogen and oxygen atoms in total. The van der Waals surface area contributed by atoms with Crippen LogP contribution in [0, 0.1) is 0 Å². The fourth-order valence-electron chi connectivity index (χ4n) is 1.30. The van der Waals surface area contributed by atoms with Crippen molar-refractivity contribution in [2.24, 2.45) is 0 Å². The zero-order valence-corrected chi connectivity index (χ0v) is 11.7. The van der Waals surface area contributed by atoms with Gasteiger partial charge >= 0.3 is 7.82 Å². The average molecular weight is 308 g/mol. The molecule has 0 fully saturated rings. The Morgan fingerprint density at radius 3 is 2.47 bits per heavy atom. The third-order valence-electron chi connectivity index (χ3n) is 2.07. The Morgan fingerprint density at radius 2 is 2.00 bits per heavy atom. The van der Waals surface area contributed by atoms with E-state index in [1.807, 2.05) is 0 Å². The van der Waals surface area contributed by atoms with Gasteiger partial charge in [-0.2, -0.15) is 0 Å². The van der Waals surface area contributed by atoms with Gasteiger partial charge in [-0.05, 0) is 17.7 Å². The van der Waals surface area contributed by atoms with Gasteiger partial charge in [-0.25, -0.2) is 13.0 Å². The molecule has 9 heteroatoms. The molecule has 0 aromatic heterocycles. The molecule has 1 rings (SSSR count). The fraction of sp³-hybridized carbons (Fsp3) is 0.200. The van der Waals surface area contributed by atoms with E-state index in [9.17, 15) is 13.0 Å². The van der Waals surface area contributed by atoms with Crippen molar-refractivity contribution in [1.82, 2.24) is 0 Å². The summed E-state index contributed by atoms with van der Waals surface area (Å²) in [4.78, 5) is 17.5. The lowest BCUT2D eigenvalue weighted by Gasteiger charge is -2.12. The first-order chi connectivity index (χ1) is 8.67. The summed E-state index contributed by atoms with van der Waals surface area (Å²) < 4.78 is 42.9. The second-order valence-corrected chi connectivity index (χ2v) is 6.65. The Labute approximate surface area is 110 Å². The highest BCUT2D eigenvalue weighted by Gasteiger charge is 2.20. The van der Waals surface area contributed by atoms with Crippen LogP contribution in [0.5, 0.6) is 11.5 Å². The van der Waals surface area contributed by atoms with Gasteiger partial charge in [0.2, 0.25) is 0 Å². The van der Waals surface area contributed by atoms with Gasteiger partial charge in [0.1, 0.15) is 0 Å². The van der Waals surface area contributed by atoms with E-state index in [0.717, 1.165) is 5.41 Å². The van der Waals surface area contributed by atoms with E-state index in [1.54, 1.807) is 0 Å². The molecule has 0 saturated carbocycles. The third-order valence-corrected chi connectivity index (χ3v) is 3.75. The molecule has 2 N–H and O–H groups in total. The number of rotatable bonds is 6. The van der Waals surface area contributed by atoms with Gasteiger partial charge in [-0.15, -0.1) is 0 Å². The van der Waals surface area contributed by atoms with Crippen LogP contribution < -0.4 is 9.26 Å². The predicted molar refractivity (Wildman–Crippen MR) is 68.5 cm³/mol. The van der Waals surface area contributed by atoms with E-state index in [1.165, 1.54) is 25.3 Å². The average Bonchev–Trinajstić information content (AvgIpc) is 2.27. The van der Waals surface area contributed by atoms with Crippen LogP contribution in [0.15, 0.2) is 30.2 Å². The minimum atomic E-state index is -4.76. The zero-order chi connectivity index (χ0) is 14.7. The molecule has 0 aliphatic carbocycles. The number of methoxy groups -OCH3 is 1. The highest BCUT2D eigenvalue weighted by atomic mass is 32.2. The molecule has 0 spiro atoms. The van der Waals surface area contributed by atoms with Crippen LogP contribution in [0.25, 0.3) is 0 Å². The van der Waals surface area contributed by atoms with E-state index < -0.39 is 17.7 Å². The second-order valence-electron chi connectivity index (χ2n) is 3.54. The first kappa shape index (κ1) is 15.7. The van der Waals surface area contributed by atoms with Crippen LogP contribution in [0.2, 0.25) is 0 Å². The highest BCUT2D eigenvalue weighted by molar-refractivity contribution is 7.93. The minimum absolute atomic E-state index is 0.0862. The summed E-state index contributed by atoms with van der Waals surface area (Å²) in [5, 5.41) is 0.806. The Bertz CT molecular complexity index is 617. The first-order valence-electron chi connectivity index (χ1n) is 4.94. The lowest BCUT2D eigenvalue weighted by atomic mass is 10.2. The first-order valence-corrected chi connectivity index (χ1v) is 8.18. The van der Waals surface area contributed by atoms with Gasteiger partial charge in [-0.1, -0.05) is 12.6 Å². The van der Waals surface area contributed by atoms with E-state index in [4.69, 9.17) is 14.5 Å². The minimum Gasteiger partial charge on any atom is -0.493 e. The lowest BCUT2D eigenvalue weighted by molar-refractivity contribution is 0.276. The molecule has 0 heterocycles. The lowest BCUT2D eigenvalue weighted by Crippen LogP contribution is -2.01. The Hall–Kier alpha value is -1.34. The molecule has 0 amide bonds. The number of benzene rings is 1. The van der Waals surface area contributed by atoms with Gasteiger partial charge in [-0.3, -0.25) is 9.79 Å². The van der Waals surface area contributed by atoms with Crippen LogP contribution in [0.3, 0.4) is 0 Å². The van der Waals surface area contributed by atoms with Crippen LogP contribution in [-0.2, 0) is 20.2 Å². The van der Waals surface area contributed by atoms with E-state index >= 15 is 0 Å². The van der Waals surface area contributed by atoms with Crippen molar-refractivity contribution < 1.29 is 32.0 Å². The molecule has 106 valence electrons. The SMILES string of the molecule is C=CS(=O)(=O)Cc1ccc(OC)c(OP(=O)(O)O)c1. The van der Waals surface area contributed by atoms with Gasteiger partial charge in [0.15, 0.2) is 21.3 Å². The largest absolute Gasteiger partial charge is 0.524 e.